The van der Waals surface area contributed by atoms with Gasteiger partial charge in [-0.3, -0.25) is 0 Å². The summed E-state index contributed by atoms with van der Waals surface area (Å²) in [5, 5.41) is 0. The minimum absolute atomic E-state index is 0.538. The Bertz CT molecular complexity index is 221. The van der Waals surface area contributed by atoms with Crippen LogP contribution in [0.25, 0.3) is 0 Å². The molecule has 0 amide bonds. The molecule has 2 N–H and O–H groups in total. The average molecular weight is 193 g/mol. The summed E-state index contributed by atoms with van der Waals surface area (Å²) in [7, 11) is 0. The highest BCUT2D eigenvalue weighted by Crippen LogP contribution is 2.60. The van der Waals surface area contributed by atoms with E-state index in [9.17, 15) is 0 Å². The van der Waals surface area contributed by atoms with Crippen LogP contribution in [0.4, 0.5) is 0 Å². The Morgan fingerprint density at radius 2 is 1.86 bits per heavy atom. The highest BCUT2D eigenvalue weighted by atomic mass is 14.8. The predicted octanol–water partition coefficient (Wildman–Crippen LogP) is 2.94. The van der Waals surface area contributed by atoms with Crippen LogP contribution >= 0.6 is 0 Å². The Morgan fingerprint density at radius 3 is 2.36 bits per heavy atom. The summed E-state index contributed by atoms with van der Waals surface area (Å²) >= 11 is 0. The first-order chi connectivity index (χ1) is 6.70. The fraction of sp³-hybridized carbons (Fsp3) is 1.00. The third kappa shape index (κ3) is 1.32. The largest absolute Gasteiger partial charge is 0.327 e. The zero-order valence-corrected chi connectivity index (χ0v) is 9.34. The maximum absolute atomic E-state index is 6.36. The Balaban J connectivity index is 1.54. The van der Waals surface area contributed by atoms with Crippen LogP contribution in [-0.2, 0) is 0 Å². The van der Waals surface area contributed by atoms with Gasteiger partial charge < -0.3 is 5.73 Å². The molecule has 1 nitrogen and oxygen atoms in total. The van der Waals surface area contributed by atoms with Crippen LogP contribution < -0.4 is 5.73 Å². The van der Waals surface area contributed by atoms with Crippen LogP contribution in [0.2, 0.25) is 0 Å². The fourth-order valence-electron chi connectivity index (χ4n) is 4.20. The summed E-state index contributed by atoms with van der Waals surface area (Å²) in [5.41, 5.74) is 7.00. The van der Waals surface area contributed by atoms with Crippen molar-refractivity contribution in [1.29, 1.82) is 0 Å². The normalized spacial score (nSPS) is 45.4. The van der Waals surface area contributed by atoms with Gasteiger partial charge in [0, 0.05) is 6.04 Å². The van der Waals surface area contributed by atoms with E-state index >= 15 is 0 Å². The van der Waals surface area contributed by atoms with Crippen molar-refractivity contribution in [3.63, 3.8) is 0 Å². The number of nitrogens with two attached hydrogens (primary N) is 1. The van der Waals surface area contributed by atoms with E-state index in [0.29, 0.717) is 11.5 Å². The quantitative estimate of drug-likeness (QED) is 0.732. The van der Waals surface area contributed by atoms with Gasteiger partial charge in [0.1, 0.15) is 0 Å². The van der Waals surface area contributed by atoms with Gasteiger partial charge in [0.05, 0.1) is 0 Å². The maximum Gasteiger partial charge on any atom is 0.00778 e. The molecule has 0 aliphatic heterocycles. The first kappa shape index (κ1) is 9.21. The van der Waals surface area contributed by atoms with Crippen molar-refractivity contribution < 1.29 is 0 Å². The van der Waals surface area contributed by atoms with E-state index in [-0.39, 0.29) is 0 Å². The second kappa shape index (κ2) is 2.98. The molecule has 0 aromatic rings. The lowest BCUT2D eigenvalue weighted by atomic mass is 9.66. The SMILES string of the molecule is CC1(CC(N)C2C3CCCC32)CCC1. The van der Waals surface area contributed by atoms with E-state index in [1.165, 1.54) is 44.9 Å². The van der Waals surface area contributed by atoms with E-state index in [2.05, 4.69) is 6.92 Å². The predicted molar refractivity (Wildman–Crippen MR) is 58.9 cm³/mol. The molecule has 0 aromatic heterocycles. The minimum atomic E-state index is 0.538. The molecule has 0 heterocycles. The fourth-order valence-corrected chi connectivity index (χ4v) is 4.20. The van der Waals surface area contributed by atoms with Crippen LogP contribution in [0.1, 0.15) is 51.9 Å². The summed E-state index contributed by atoms with van der Waals surface area (Å²) in [6.45, 7) is 2.44. The minimum Gasteiger partial charge on any atom is -0.327 e. The van der Waals surface area contributed by atoms with E-state index in [0.717, 1.165) is 17.8 Å². The molecule has 3 atom stereocenters. The average Bonchev–Trinajstić information content (AvgIpc) is 2.59. The summed E-state index contributed by atoms with van der Waals surface area (Å²) in [4.78, 5) is 0. The molecule has 3 rings (SSSR count). The standard InChI is InChI=1S/C13H23N/c1-13(6-3-7-13)8-11(14)12-9-4-2-5-10(9)12/h9-12H,2-8,14H2,1H3. The molecule has 0 spiro atoms. The number of fused-ring (bicyclic) bond motifs is 1. The summed E-state index contributed by atoms with van der Waals surface area (Å²) in [5.74, 6) is 3.03. The molecular formula is C13H23N. The lowest BCUT2D eigenvalue weighted by Crippen LogP contribution is -2.36. The van der Waals surface area contributed by atoms with Gasteiger partial charge in [0.15, 0.2) is 0 Å². The molecule has 14 heavy (non-hydrogen) atoms. The molecule has 3 aliphatic rings. The molecule has 0 saturated heterocycles. The lowest BCUT2D eigenvalue weighted by molar-refractivity contribution is 0.127. The Kier molecular flexibility index (Phi) is 1.96. The van der Waals surface area contributed by atoms with Crippen molar-refractivity contribution in [3.05, 3.63) is 0 Å². The molecule has 1 heteroatoms. The van der Waals surface area contributed by atoms with Gasteiger partial charge in [-0.1, -0.05) is 19.8 Å². The number of hydrogen-bond acceptors (Lipinski definition) is 1. The molecule has 0 radical (unpaired) electrons. The smallest absolute Gasteiger partial charge is 0.00778 e. The van der Waals surface area contributed by atoms with Gasteiger partial charge in [-0.2, -0.15) is 0 Å². The molecular weight excluding hydrogens is 170 g/mol. The van der Waals surface area contributed by atoms with E-state index in [1.807, 2.05) is 0 Å². The van der Waals surface area contributed by atoms with Crippen LogP contribution in [0, 0.1) is 23.2 Å². The van der Waals surface area contributed by atoms with E-state index < -0.39 is 0 Å². The number of hydrogen-bond donors (Lipinski definition) is 1. The van der Waals surface area contributed by atoms with Crippen LogP contribution in [0.5, 0.6) is 0 Å². The maximum atomic E-state index is 6.36. The molecule has 0 aromatic carbocycles. The molecule has 3 fully saturated rings. The molecule has 3 aliphatic carbocycles. The lowest BCUT2D eigenvalue weighted by Gasteiger charge is -2.40. The van der Waals surface area contributed by atoms with Gasteiger partial charge in [-0.15, -0.1) is 0 Å². The van der Waals surface area contributed by atoms with Gasteiger partial charge in [0.2, 0.25) is 0 Å². The van der Waals surface area contributed by atoms with Gasteiger partial charge in [-0.25, -0.2) is 0 Å². The second-order valence-corrected chi connectivity index (χ2v) is 6.37. The van der Waals surface area contributed by atoms with Crippen LogP contribution in [-0.4, -0.2) is 6.04 Å². The summed E-state index contributed by atoms with van der Waals surface area (Å²) in [6.07, 6.45) is 10.1. The molecule has 3 unspecified atom stereocenters. The second-order valence-electron chi connectivity index (χ2n) is 6.37. The Morgan fingerprint density at radius 1 is 1.21 bits per heavy atom. The van der Waals surface area contributed by atoms with Crippen molar-refractivity contribution in [2.75, 3.05) is 0 Å². The summed E-state index contributed by atoms with van der Waals surface area (Å²) in [6, 6.07) is 0.538. The van der Waals surface area contributed by atoms with Crippen molar-refractivity contribution >= 4 is 0 Å². The monoisotopic (exact) mass is 193 g/mol. The molecule has 3 saturated carbocycles. The van der Waals surface area contributed by atoms with Crippen molar-refractivity contribution in [1.82, 2.24) is 0 Å². The van der Waals surface area contributed by atoms with Crippen molar-refractivity contribution in [2.24, 2.45) is 28.9 Å². The topological polar surface area (TPSA) is 26.0 Å². The zero-order chi connectivity index (χ0) is 9.76. The highest BCUT2D eigenvalue weighted by molar-refractivity contribution is 5.06. The van der Waals surface area contributed by atoms with Gasteiger partial charge >= 0.3 is 0 Å². The third-order valence-corrected chi connectivity index (χ3v) is 5.26. The Hall–Kier alpha value is -0.0400. The van der Waals surface area contributed by atoms with Crippen LogP contribution in [0.15, 0.2) is 0 Å². The molecule has 80 valence electrons. The van der Waals surface area contributed by atoms with E-state index in [1.54, 1.807) is 0 Å². The number of rotatable bonds is 3. The van der Waals surface area contributed by atoms with E-state index in [4.69, 9.17) is 5.73 Å². The third-order valence-electron chi connectivity index (χ3n) is 5.26. The first-order valence-corrected chi connectivity index (χ1v) is 6.45. The highest BCUT2D eigenvalue weighted by Gasteiger charge is 2.55. The van der Waals surface area contributed by atoms with Crippen molar-refractivity contribution in [3.8, 4) is 0 Å². The summed E-state index contributed by atoms with van der Waals surface area (Å²) < 4.78 is 0. The molecule has 0 bridgehead atoms. The van der Waals surface area contributed by atoms with Gasteiger partial charge in [0.25, 0.3) is 0 Å². The van der Waals surface area contributed by atoms with Crippen molar-refractivity contribution in [2.45, 2.75) is 57.9 Å². The van der Waals surface area contributed by atoms with Gasteiger partial charge in [-0.05, 0) is 55.3 Å². The zero-order valence-electron chi connectivity index (χ0n) is 9.34. The van der Waals surface area contributed by atoms with Crippen LogP contribution in [0.3, 0.4) is 0 Å². The Labute approximate surface area is 87.4 Å². The first-order valence-electron chi connectivity index (χ1n) is 6.45.